The zero-order chi connectivity index (χ0) is 8.65. The zero-order valence-corrected chi connectivity index (χ0v) is 8.61. The molecule has 0 unspecified atom stereocenters. The summed E-state index contributed by atoms with van der Waals surface area (Å²) in [5, 5.41) is 5.49. The van der Waals surface area contributed by atoms with Crippen molar-refractivity contribution in [2.45, 2.75) is 12.5 Å². The molecule has 66 valence electrons. The molecule has 0 aromatic heterocycles. The SMILES string of the molecule is N[SiH2]CCCOc1ccccc1. The highest BCUT2D eigenvalue weighted by Gasteiger charge is 1.90. The van der Waals surface area contributed by atoms with Crippen molar-refractivity contribution in [3.8, 4) is 5.75 Å². The van der Waals surface area contributed by atoms with Crippen molar-refractivity contribution in [1.82, 2.24) is 0 Å². The van der Waals surface area contributed by atoms with Gasteiger partial charge in [-0.1, -0.05) is 18.2 Å². The number of hydrogen-bond acceptors (Lipinski definition) is 2. The van der Waals surface area contributed by atoms with Gasteiger partial charge in [0.15, 0.2) is 0 Å². The first-order valence-electron chi connectivity index (χ1n) is 4.31. The maximum atomic E-state index is 5.49. The standard InChI is InChI=1S/C9H15NOSi/c10-12-8-4-7-11-9-5-2-1-3-6-9/h1-3,5-6H,4,7-8,10,12H2. The molecule has 0 amide bonds. The minimum absolute atomic E-state index is 0.266. The summed E-state index contributed by atoms with van der Waals surface area (Å²) >= 11 is 0. The van der Waals surface area contributed by atoms with Crippen molar-refractivity contribution in [1.29, 1.82) is 0 Å². The molecule has 1 aromatic rings. The summed E-state index contributed by atoms with van der Waals surface area (Å²) in [6, 6.07) is 11.1. The van der Waals surface area contributed by atoms with Gasteiger partial charge in [0.1, 0.15) is 5.75 Å². The average molecular weight is 181 g/mol. The van der Waals surface area contributed by atoms with Crippen LogP contribution < -0.4 is 10.1 Å². The summed E-state index contributed by atoms with van der Waals surface area (Å²) in [7, 11) is -0.266. The normalized spacial score (nSPS) is 10.8. The van der Waals surface area contributed by atoms with E-state index in [-0.39, 0.29) is 9.68 Å². The van der Waals surface area contributed by atoms with Crippen LogP contribution in [0, 0.1) is 0 Å². The van der Waals surface area contributed by atoms with E-state index < -0.39 is 0 Å². The predicted octanol–water partition coefficient (Wildman–Crippen LogP) is 0.916. The Bertz CT molecular complexity index is 203. The summed E-state index contributed by atoms with van der Waals surface area (Å²) in [4.78, 5) is 0. The largest absolute Gasteiger partial charge is 0.494 e. The van der Waals surface area contributed by atoms with Crippen molar-refractivity contribution < 1.29 is 4.74 Å². The van der Waals surface area contributed by atoms with Crippen molar-refractivity contribution in [2.24, 2.45) is 5.40 Å². The van der Waals surface area contributed by atoms with E-state index in [1.165, 1.54) is 6.04 Å². The van der Waals surface area contributed by atoms with Crippen LogP contribution in [0.1, 0.15) is 6.42 Å². The predicted molar refractivity (Wildman–Crippen MR) is 54.1 cm³/mol. The van der Waals surface area contributed by atoms with E-state index in [0.29, 0.717) is 0 Å². The van der Waals surface area contributed by atoms with E-state index in [1.807, 2.05) is 30.3 Å². The van der Waals surface area contributed by atoms with Crippen LogP contribution in [-0.2, 0) is 0 Å². The van der Waals surface area contributed by atoms with Crippen LogP contribution in [0.4, 0.5) is 0 Å². The topological polar surface area (TPSA) is 35.2 Å². The number of hydrogen-bond donors (Lipinski definition) is 1. The van der Waals surface area contributed by atoms with Gasteiger partial charge in [-0.25, -0.2) is 0 Å². The third-order valence-corrected chi connectivity index (χ3v) is 2.52. The van der Waals surface area contributed by atoms with Gasteiger partial charge in [0.05, 0.1) is 16.3 Å². The van der Waals surface area contributed by atoms with E-state index in [9.17, 15) is 0 Å². The first-order valence-corrected chi connectivity index (χ1v) is 6.13. The molecular weight excluding hydrogens is 166 g/mol. The molecule has 0 spiro atoms. The Morgan fingerprint density at radius 2 is 2.00 bits per heavy atom. The summed E-state index contributed by atoms with van der Waals surface area (Å²) in [5.41, 5.74) is 0. The van der Waals surface area contributed by atoms with Gasteiger partial charge in [-0.05, 0) is 24.6 Å². The maximum Gasteiger partial charge on any atom is 0.119 e. The van der Waals surface area contributed by atoms with Gasteiger partial charge in [-0.3, -0.25) is 0 Å². The fourth-order valence-corrected chi connectivity index (χ4v) is 1.45. The van der Waals surface area contributed by atoms with Gasteiger partial charge in [0, 0.05) is 0 Å². The smallest absolute Gasteiger partial charge is 0.119 e. The van der Waals surface area contributed by atoms with E-state index in [1.54, 1.807) is 0 Å². The van der Waals surface area contributed by atoms with E-state index in [0.717, 1.165) is 18.8 Å². The molecule has 0 radical (unpaired) electrons. The Kier molecular flexibility index (Phi) is 4.49. The number of benzene rings is 1. The summed E-state index contributed by atoms with van der Waals surface area (Å²) in [6.45, 7) is 0.800. The molecule has 0 heterocycles. The number of rotatable bonds is 5. The van der Waals surface area contributed by atoms with Crippen LogP contribution in [0.5, 0.6) is 5.75 Å². The van der Waals surface area contributed by atoms with Crippen molar-refractivity contribution >= 4 is 9.68 Å². The fraction of sp³-hybridized carbons (Fsp3) is 0.333. The third-order valence-electron chi connectivity index (χ3n) is 1.61. The van der Waals surface area contributed by atoms with Crippen LogP contribution >= 0.6 is 0 Å². The van der Waals surface area contributed by atoms with Crippen LogP contribution in [0.15, 0.2) is 30.3 Å². The molecule has 1 rings (SSSR count). The van der Waals surface area contributed by atoms with Gasteiger partial charge in [0.25, 0.3) is 0 Å². The molecule has 1 aromatic carbocycles. The van der Waals surface area contributed by atoms with Crippen molar-refractivity contribution in [2.75, 3.05) is 6.61 Å². The first-order chi connectivity index (χ1) is 5.93. The second-order valence-corrected chi connectivity index (χ2v) is 3.94. The quantitative estimate of drug-likeness (QED) is 0.541. The lowest BCUT2D eigenvalue weighted by molar-refractivity contribution is 0.317. The lowest BCUT2D eigenvalue weighted by Gasteiger charge is -2.03. The Morgan fingerprint density at radius 1 is 1.25 bits per heavy atom. The maximum absolute atomic E-state index is 5.49. The Balaban J connectivity index is 2.16. The highest BCUT2D eigenvalue weighted by atomic mass is 28.2. The highest BCUT2D eigenvalue weighted by Crippen LogP contribution is 2.08. The van der Waals surface area contributed by atoms with E-state index in [2.05, 4.69) is 0 Å². The minimum atomic E-state index is -0.266. The van der Waals surface area contributed by atoms with Crippen LogP contribution in [0.25, 0.3) is 0 Å². The molecule has 12 heavy (non-hydrogen) atoms. The lowest BCUT2D eigenvalue weighted by Crippen LogP contribution is -2.06. The molecule has 0 saturated heterocycles. The van der Waals surface area contributed by atoms with Crippen molar-refractivity contribution in [3.05, 3.63) is 30.3 Å². The van der Waals surface area contributed by atoms with Gasteiger partial charge in [-0.2, -0.15) is 0 Å². The molecular formula is C9H15NOSi. The Labute approximate surface area is 75.6 Å². The molecule has 0 aliphatic heterocycles. The van der Waals surface area contributed by atoms with Gasteiger partial charge in [0.2, 0.25) is 0 Å². The second kappa shape index (κ2) is 5.80. The van der Waals surface area contributed by atoms with Crippen LogP contribution in [-0.4, -0.2) is 16.3 Å². The second-order valence-electron chi connectivity index (χ2n) is 2.66. The molecule has 0 atom stereocenters. The number of para-hydroxylation sites is 1. The molecule has 0 bridgehead atoms. The van der Waals surface area contributed by atoms with Crippen molar-refractivity contribution in [3.63, 3.8) is 0 Å². The highest BCUT2D eigenvalue weighted by molar-refractivity contribution is 6.30. The van der Waals surface area contributed by atoms with Gasteiger partial charge in [-0.15, -0.1) is 0 Å². The fourth-order valence-electron chi connectivity index (χ4n) is 0.953. The summed E-state index contributed by atoms with van der Waals surface area (Å²) in [5.74, 6) is 0.955. The lowest BCUT2D eigenvalue weighted by atomic mass is 10.3. The zero-order valence-electron chi connectivity index (χ0n) is 7.20. The van der Waals surface area contributed by atoms with E-state index in [4.69, 9.17) is 10.1 Å². The summed E-state index contributed by atoms with van der Waals surface area (Å²) < 4.78 is 5.47. The third kappa shape index (κ3) is 3.55. The molecule has 0 aliphatic rings. The van der Waals surface area contributed by atoms with E-state index >= 15 is 0 Å². The monoisotopic (exact) mass is 181 g/mol. The first kappa shape index (κ1) is 9.29. The molecule has 0 saturated carbocycles. The van der Waals surface area contributed by atoms with Gasteiger partial charge >= 0.3 is 0 Å². The molecule has 2 N–H and O–H groups in total. The minimum Gasteiger partial charge on any atom is -0.494 e. The molecule has 0 aliphatic carbocycles. The summed E-state index contributed by atoms with van der Waals surface area (Å²) in [6.07, 6.45) is 1.09. The Hall–Kier alpha value is -0.803. The molecule has 3 heteroatoms. The number of nitrogens with two attached hydrogens (primary N) is 1. The molecule has 2 nitrogen and oxygen atoms in total. The number of ether oxygens (including phenoxy) is 1. The Morgan fingerprint density at radius 3 is 2.67 bits per heavy atom. The average Bonchev–Trinajstić information content (AvgIpc) is 2.14. The van der Waals surface area contributed by atoms with Gasteiger partial charge < -0.3 is 10.1 Å². The van der Waals surface area contributed by atoms with Crippen LogP contribution in [0.3, 0.4) is 0 Å². The molecule has 0 fully saturated rings. The van der Waals surface area contributed by atoms with Crippen LogP contribution in [0.2, 0.25) is 6.04 Å².